The molecule has 0 fully saturated rings. The monoisotopic (exact) mass is 252 g/mol. The summed E-state index contributed by atoms with van der Waals surface area (Å²) < 4.78 is 0. The predicted octanol–water partition coefficient (Wildman–Crippen LogP) is 3.72. The van der Waals surface area contributed by atoms with Crippen LogP contribution in [-0.2, 0) is 6.42 Å². The zero-order valence-electron chi connectivity index (χ0n) is 8.77. The van der Waals surface area contributed by atoms with Crippen LogP contribution < -0.4 is 0 Å². The molecule has 16 heavy (non-hydrogen) atoms. The summed E-state index contributed by atoms with van der Waals surface area (Å²) in [5.74, 6) is 0.153. The molecule has 84 valence electrons. The van der Waals surface area contributed by atoms with Crippen LogP contribution >= 0.6 is 22.9 Å². The molecule has 1 aromatic carbocycles. The Hall–Kier alpha value is -0.830. The van der Waals surface area contributed by atoms with Gasteiger partial charge in [0.05, 0.1) is 6.61 Å². The summed E-state index contributed by atoms with van der Waals surface area (Å²) in [6.07, 6.45) is 0.788. The molecule has 0 spiro atoms. The van der Waals surface area contributed by atoms with Gasteiger partial charge in [-0.15, -0.1) is 11.3 Å². The molecule has 0 bridgehead atoms. The van der Waals surface area contributed by atoms with E-state index < -0.39 is 0 Å². The van der Waals surface area contributed by atoms with Crippen molar-refractivity contribution in [2.75, 3.05) is 6.61 Å². The maximum atomic E-state index is 9.41. The normalized spacial score (nSPS) is 12.6. The second-order valence-corrected chi connectivity index (χ2v) is 5.08. The van der Waals surface area contributed by atoms with Gasteiger partial charge in [0, 0.05) is 15.8 Å². The Balaban J connectivity index is 2.17. The zero-order valence-corrected chi connectivity index (χ0v) is 10.3. The maximum absolute atomic E-state index is 9.41. The minimum absolute atomic E-state index is 0.153. The first-order chi connectivity index (χ1) is 7.81. The molecule has 2 rings (SSSR count). The van der Waals surface area contributed by atoms with Crippen molar-refractivity contribution in [1.29, 1.82) is 0 Å². The van der Waals surface area contributed by atoms with Crippen LogP contribution in [0.25, 0.3) is 0 Å². The number of rotatable bonds is 4. The topological polar surface area (TPSA) is 20.2 Å². The molecule has 0 radical (unpaired) electrons. The molecule has 1 N–H and O–H groups in total. The molecule has 0 aliphatic carbocycles. The summed E-state index contributed by atoms with van der Waals surface area (Å²) >= 11 is 7.79. The van der Waals surface area contributed by atoms with E-state index in [0.29, 0.717) is 0 Å². The van der Waals surface area contributed by atoms with Gasteiger partial charge in [-0.2, -0.15) is 0 Å². The van der Waals surface area contributed by atoms with Crippen molar-refractivity contribution >= 4 is 22.9 Å². The lowest BCUT2D eigenvalue weighted by molar-refractivity contribution is 0.266. The lowest BCUT2D eigenvalue weighted by Crippen LogP contribution is -2.06. The van der Waals surface area contributed by atoms with Crippen molar-refractivity contribution < 1.29 is 5.11 Å². The van der Waals surface area contributed by atoms with Crippen LogP contribution in [0.3, 0.4) is 0 Å². The summed E-state index contributed by atoms with van der Waals surface area (Å²) in [5, 5.41) is 12.2. The summed E-state index contributed by atoms with van der Waals surface area (Å²) in [6.45, 7) is 0.158. The molecule has 1 atom stereocenters. The average molecular weight is 253 g/mol. The van der Waals surface area contributed by atoms with Crippen LogP contribution in [0.1, 0.15) is 16.4 Å². The van der Waals surface area contributed by atoms with E-state index in [0.717, 1.165) is 17.0 Å². The molecule has 1 unspecified atom stereocenters. The first-order valence-corrected chi connectivity index (χ1v) is 6.44. The minimum atomic E-state index is 0.153. The first-order valence-electron chi connectivity index (χ1n) is 5.19. The molecule has 1 nitrogen and oxygen atoms in total. The van der Waals surface area contributed by atoms with Gasteiger partial charge in [0.1, 0.15) is 0 Å². The van der Waals surface area contributed by atoms with E-state index in [1.165, 1.54) is 4.88 Å². The number of aliphatic hydroxyl groups excluding tert-OH is 1. The third-order valence-electron chi connectivity index (χ3n) is 2.59. The fourth-order valence-corrected chi connectivity index (χ4v) is 2.74. The average Bonchev–Trinajstić information content (AvgIpc) is 2.81. The molecule has 1 heterocycles. The Bertz CT molecular complexity index is 439. The lowest BCUT2D eigenvalue weighted by Gasteiger charge is -2.13. The molecule has 3 heteroatoms. The van der Waals surface area contributed by atoms with Crippen molar-refractivity contribution in [2.45, 2.75) is 12.3 Å². The summed E-state index contributed by atoms with van der Waals surface area (Å²) in [5.41, 5.74) is 1.09. The third-order valence-corrected chi connectivity index (χ3v) is 3.99. The van der Waals surface area contributed by atoms with Crippen molar-refractivity contribution in [3.8, 4) is 0 Å². The highest BCUT2D eigenvalue weighted by Gasteiger charge is 2.13. The lowest BCUT2D eigenvalue weighted by atomic mass is 9.98. The number of hydrogen-bond acceptors (Lipinski definition) is 2. The fraction of sp³-hybridized carbons (Fsp3) is 0.231. The number of halogens is 1. The van der Waals surface area contributed by atoms with Gasteiger partial charge in [-0.1, -0.05) is 35.9 Å². The standard InChI is InChI=1S/C13H13ClOS/c14-12-5-2-1-4-10(12)8-11(9-15)13-6-3-7-16-13/h1-7,11,15H,8-9H2. The van der Waals surface area contributed by atoms with Gasteiger partial charge in [-0.3, -0.25) is 0 Å². The van der Waals surface area contributed by atoms with E-state index in [9.17, 15) is 5.11 Å². The molecule has 1 aromatic heterocycles. The maximum Gasteiger partial charge on any atom is 0.0510 e. The van der Waals surface area contributed by atoms with Gasteiger partial charge in [0.2, 0.25) is 0 Å². The number of hydrogen-bond donors (Lipinski definition) is 1. The molecular weight excluding hydrogens is 240 g/mol. The Labute approximate surface area is 104 Å². The van der Waals surface area contributed by atoms with Gasteiger partial charge in [0.25, 0.3) is 0 Å². The largest absolute Gasteiger partial charge is 0.396 e. The van der Waals surface area contributed by atoms with E-state index in [4.69, 9.17) is 11.6 Å². The molecule has 0 saturated heterocycles. The Morgan fingerprint density at radius 2 is 2.00 bits per heavy atom. The predicted molar refractivity (Wildman–Crippen MR) is 69.3 cm³/mol. The fourth-order valence-electron chi connectivity index (χ4n) is 1.71. The molecule has 0 saturated carbocycles. The number of thiophene rings is 1. The molecule has 2 aromatic rings. The van der Waals surface area contributed by atoms with Crippen LogP contribution in [-0.4, -0.2) is 11.7 Å². The Morgan fingerprint density at radius 3 is 2.62 bits per heavy atom. The van der Waals surface area contributed by atoms with Crippen LogP contribution in [0, 0.1) is 0 Å². The first kappa shape index (κ1) is 11.6. The SMILES string of the molecule is OCC(Cc1ccccc1Cl)c1cccs1. The van der Waals surface area contributed by atoms with E-state index >= 15 is 0 Å². The van der Waals surface area contributed by atoms with Crippen LogP contribution in [0.15, 0.2) is 41.8 Å². The molecule has 0 amide bonds. The van der Waals surface area contributed by atoms with E-state index in [2.05, 4.69) is 6.07 Å². The summed E-state index contributed by atoms with van der Waals surface area (Å²) in [6, 6.07) is 11.9. The van der Waals surface area contributed by atoms with Gasteiger partial charge in [0.15, 0.2) is 0 Å². The van der Waals surface area contributed by atoms with E-state index in [-0.39, 0.29) is 12.5 Å². The summed E-state index contributed by atoms with van der Waals surface area (Å²) in [4.78, 5) is 1.21. The number of aliphatic hydroxyl groups is 1. The van der Waals surface area contributed by atoms with Gasteiger partial charge in [-0.05, 0) is 29.5 Å². The van der Waals surface area contributed by atoms with Crippen LogP contribution in [0.2, 0.25) is 5.02 Å². The highest BCUT2D eigenvalue weighted by molar-refractivity contribution is 7.10. The van der Waals surface area contributed by atoms with Crippen LogP contribution in [0.4, 0.5) is 0 Å². The van der Waals surface area contributed by atoms with Crippen LogP contribution in [0.5, 0.6) is 0 Å². The van der Waals surface area contributed by atoms with Crippen molar-refractivity contribution in [3.05, 3.63) is 57.2 Å². The van der Waals surface area contributed by atoms with Crippen molar-refractivity contribution in [3.63, 3.8) is 0 Å². The second kappa shape index (κ2) is 5.48. The van der Waals surface area contributed by atoms with Gasteiger partial charge < -0.3 is 5.11 Å². The molecule has 0 aliphatic heterocycles. The number of benzene rings is 1. The quantitative estimate of drug-likeness (QED) is 0.879. The smallest absolute Gasteiger partial charge is 0.0510 e. The van der Waals surface area contributed by atoms with Gasteiger partial charge >= 0.3 is 0 Å². The van der Waals surface area contributed by atoms with Gasteiger partial charge in [-0.25, -0.2) is 0 Å². The third kappa shape index (κ3) is 2.64. The highest BCUT2D eigenvalue weighted by atomic mass is 35.5. The Morgan fingerprint density at radius 1 is 1.19 bits per heavy atom. The van der Waals surface area contributed by atoms with E-state index in [1.54, 1.807) is 11.3 Å². The minimum Gasteiger partial charge on any atom is -0.396 e. The second-order valence-electron chi connectivity index (χ2n) is 3.69. The molecule has 0 aliphatic rings. The summed E-state index contributed by atoms with van der Waals surface area (Å²) in [7, 11) is 0. The zero-order chi connectivity index (χ0) is 11.4. The van der Waals surface area contributed by atoms with E-state index in [1.807, 2.05) is 35.7 Å². The molecular formula is C13H13ClOS. The highest BCUT2D eigenvalue weighted by Crippen LogP contribution is 2.27. The Kier molecular flexibility index (Phi) is 3.99. The van der Waals surface area contributed by atoms with Crippen molar-refractivity contribution in [2.24, 2.45) is 0 Å². The van der Waals surface area contributed by atoms with Crippen molar-refractivity contribution in [1.82, 2.24) is 0 Å².